The molecule has 2 aromatic rings. The zero-order valence-electron chi connectivity index (χ0n) is 15.8. The maximum Gasteiger partial charge on any atom is 0.263 e. The number of hydrogen-bond donors (Lipinski definition) is 2. The molecule has 2 aliphatic rings. The van der Waals surface area contributed by atoms with Crippen LogP contribution < -0.4 is 10.9 Å². The Kier molecular flexibility index (Phi) is 4.80. The maximum atomic E-state index is 13.3. The molecule has 4 rings (SSSR count). The van der Waals surface area contributed by atoms with Crippen LogP contribution in [-0.4, -0.2) is 55.6 Å². The van der Waals surface area contributed by atoms with E-state index in [9.17, 15) is 18.4 Å². The van der Waals surface area contributed by atoms with E-state index in [0.717, 1.165) is 25.7 Å². The van der Waals surface area contributed by atoms with Crippen molar-refractivity contribution >= 4 is 22.9 Å². The summed E-state index contributed by atoms with van der Waals surface area (Å²) < 4.78 is 28.4. The molecule has 3 heterocycles. The lowest BCUT2D eigenvalue weighted by atomic mass is 10.1. The molecule has 0 unspecified atom stereocenters. The molecule has 152 valence electrons. The largest absolute Gasteiger partial charge is 0.344 e. The van der Waals surface area contributed by atoms with Crippen LogP contribution in [0.1, 0.15) is 51.5 Å². The van der Waals surface area contributed by atoms with Crippen molar-refractivity contribution in [2.75, 3.05) is 18.4 Å². The first-order valence-electron chi connectivity index (χ1n) is 9.75. The smallest absolute Gasteiger partial charge is 0.263 e. The Balaban J connectivity index is 1.51. The first-order valence-corrected chi connectivity index (χ1v) is 9.75. The number of halogens is 2. The lowest BCUT2D eigenvalue weighted by molar-refractivity contribution is -0.137. The number of aromatic amines is 1. The second-order valence-corrected chi connectivity index (χ2v) is 7.73. The predicted molar refractivity (Wildman–Crippen MR) is 99.5 cm³/mol. The molecule has 2 aromatic heterocycles. The van der Waals surface area contributed by atoms with Crippen LogP contribution in [0, 0.1) is 0 Å². The first-order chi connectivity index (χ1) is 13.3. The Morgan fingerprint density at radius 3 is 2.68 bits per heavy atom. The van der Waals surface area contributed by atoms with Crippen LogP contribution in [0.3, 0.4) is 0 Å². The molecule has 1 amide bonds. The number of hydrogen-bond acceptors (Lipinski definition) is 5. The van der Waals surface area contributed by atoms with Crippen LogP contribution in [0.15, 0.2) is 11.0 Å². The number of nitrogens with zero attached hydrogens (tertiary/aromatic N) is 4. The van der Waals surface area contributed by atoms with Crippen molar-refractivity contribution in [1.82, 2.24) is 24.6 Å². The molecule has 28 heavy (non-hydrogen) atoms. The van der Waals surface area contributed by atoms with Crippen molar-refractivity contribution in [3.63, 3.8) is 0 Å². The van der Waals surface area contributed by atoms with Crippen molar-refractivity contribution < 1.29 is 13.6 Å². The SMILES string of the molecule is C[C@@H](Nc1nc2c(cnn2C2CCCC2)c(=O)[nH]1)C(=O)N1CCC(F)(F)CC1. The van der Waals surface area contributed by atoms with Crippen molar-refractivity contribution in [3.8, 4) is 0 Å². The van der Waals surface area contributed by atoms with Crippen molar-refractivity contribution in [2.24, 2.45) is 0 Å². The Morgan fingerprint density at radius 1 is 1.32 bits per heavy atom. The van der Waals surface area contributed by atoms with Crippen molar-refractivity contribution in [1.29, 1.82) is 0 Å². The van der Waals surface area contributed by atoms with Crippen LogP contribution in [0.2, 0.25) is 0 Å². The van der Waals surface area contributed by atoms with E-state index in [1.807, 2.05) is 0 Å². The van der Waals surface area contributed by atoms with Gasteiger partial charge in [0.1, 0.15) is 11.4 Å². The Bertz CT molecular complexity index is 924. The molecule has 1 aliphatic heterocycles. The van der Waals surface area contributed by atoms with Gasteiger partial charge in [0.25, 0.3) is 11.5 Å². The summed E-state index contributed by atoms with van der Waals surface area (Å²) in [5, 5.41) is 7.67. The highest BCUT2D eigenvalue weighted by molar-refractivity contribution is 5.84. The summed E-state index contributed by atoms with van der Waals surface area (Å²) in [7, 11) is 0. The minimum atomic E-state index is -2.70. The summed E-state index contributed by atoms with van der Waals surface area (Å²) in [6, 6.07) is -0.469. The number of likely N-dealkylation sites (tertiary alicyclic amines) is 1. The number of fused-ring (bicyclic) bond motifs is 1. The number of nitrogens with one attached hydrogen (secondary N) is 2. The monoisotopic (exact) mass is 394 g/mol. The van der Waals surface area contributed by atoms with Crippen LogP contribution in [-0.2, 0) is 4.79 Å². The van der Waals surface area contributed by atoms with Gasteiger partial charge >= 0.3 is 0 Å². The fourth-order valence-corrected chi connectivity index (χ4v) is 4.02. The van der Waals surface area contributed by atoms with Crippen LogP contribution in [0.25, 0.3) is 11.0 Å². The third-order valence-corrected chi connectivity index (χ3v) is 5.66. The van der Waals surface area contributed by atoms with Crippen LogP contribution in [0.4, 0.5) is 14.7 Å². The molecule has 0 spiro atoms. The zero-order chi connectivity index (χ0) is 19.9. The number of anilines is 1. The molecular formula is C18H24F2N6O2. The number of carbonyl (C=O) groups is 1. The third kappa shape index (κ3) is 3.59. The molecule has 2 N–H and O–H groups in total. The zero-order valence-corrected chi connectivity index (χ0v) is 15.8. The van der Waals surface area contributed by atoms with E-state index in [1.165, 1.54) is 11.1 Å². The number of alkyl halides is 2. The predicted octanol–water partition coefficient (Wildman–Crippen LogP) is 2.29. The second-order valence-electron chi connectivity index (χ2n) is 7.73. The molecule has 0 aromatic carbocycles. The van der Waals surface area contributed by atoms with E-state index in [1.54, 1.807) is 11.6 Å². The number of H-pyrrole nitrogens is 1. The summed E-state index contributed by atoms with van der Waals surface area (Å²) in [6.07, 6.45) is 5.12. The highest BCUT2D eigenvalue weighted by Crippen LogP contribution is 2.31. The van der Waals surface area contributed by atoms with Crippen molar-refractivity contribution in [2.45, 2.75) is 63.5 Å². The lowest BCUT2D eigenvalue weighted by Gasteiger charge is -2.33. The normalized spacial score (nSPS) is 21.2. The summed E-state index contributed by atoms with van der Waals surface area (Å²) in [5.41, 5.74) is 0.171. The van der Waals surface area contributed by atoms with E-state index in [-0.39, 0.29) is 49.4 Å². The van der Waals surface area contributed by atoms with E-state index in [0.29, 0.717) is 11.0 Å². The molecule has 8 nitrogen and oxygen atoms in total. The average molecular weight is 394 g/mol. The summed E-state index contributed by atoms with van der Waals surface area (Å²) >= 11 is 0. The molecule has 1 saturated carbocycles. The maximum absolute atomic E-state index is 13.3. The highest BCUT2D eigenvalue weighted by Gasteiger charge is 2.36. The molecule has 1 saturated heterocycles. The molecule has 0 bridgehead atoms. The van der Waals surface area contributed by atoms with Gasteiger partial charge in [-0.2, -0.15) is 10.1 Å². The second kappa shape index (κ2) is 7.14. The van der Waals surface area contributed by atoms with Gasteiger partial charge in [-0.3, -0.25) is 14.6 Å². The molecular weight excluding hydrogens is 370 g/mol. The van der Waals surface area contributed by atoms with Gasteiger partial charge in [0.05, 0.1) is 12.2 Å². The molecule has 10 heteroatoms. The van der Waals surface area contributed by atoms with Gasteiger partial charge in [0, 0.05) is 25.9 Å². The van der Waals surface area contributed by atoms with Crippen LogP contribution in [0.5, 0.6) is 0 Å². The quantitative estimate of drug-likeness (QED) is 0.830. The van der Waals surface area contributed by atoms with Crippen molar-refractivity contribution in [3.05, 3.63) is 16.6 Å². The first kappa shape index (κ1) is 18.8. The van der Waals surface area contributed by atoms with Crippen LogP contribution >= 0.6 is 0 Å². The average Bonchev–Trinajstić information content (AvgIpc) is 3.30. The summed E-state index contributed by atoms with van der Waals surface area (Å²) in [6.45, 7) is 1.68. The van der Waals surface area contributed by atoms with E-state index >= 15 is 0 Å². The van der Waals surface area contributed by atoms with Gasteiger partial charge in [-0.1, -0.05) is 12.8 Å². The number of rotatable bonds is 4. The van der Waals surface area contributed by atoms with E-state index < -0.39 is 12.0 Å². The fraction of sp³-hybridized carbons (Fsp3) is 0.667. The number of aromatic nitrogens is 4. The number of piperidine rings is 1. The van der Waals surface area contributed by atoms with Gasteiger partial charge in [-0.15, -0.1) is 0 Å². The molecule has 0 radical (unpaired) electrons. The van der Waals surface area contributed by atoms with Gasteiger partial charge < -0.3 is 10.2 Å². The highest BCUT2D eigenvalue weighted by atomic mass is 19.3. The molecule has 1 atom stereocenters. The number of carbonyl (C=O) groups excluding carboxylic acids is 1. The minimum absolute atomic E-state index is 0.0231. The van der Waals surface area contributed by atoms with E-state index in [4.69, 9.17) is 0 Å². The van der Waals surface area contributed by atoms with Gasteiger partial charge in [-0.05, 0) is 19.8 Å². The van der Waals surface area contributed by atoms with E-state index in [2.05, 4.69) is 20.4 Å². The lowest BCUT2D eigenvalue weighted by Crippen LogP contribution is -2.48. The topological polar surface area (TPSA) is 95.9 Å². The van der Waals surface area contributed by atoms with Gasteiger partial charge in [0.15, 0.2) is 5.65 Å². The minimum Gasteiger partial charge on any atom is -0.344 e. The Morgan fingerprint density at radius 2 is 2.00 bits per heavy atom. The Hall–Kier alpha value is -2.52. The fourth-order valence-electron chi connectivity index (χ4n) is 4.02. The number of amides is 1. The van der Waals surface area contributed by atoms with Gasteiger partial charge in [-0.25, -0.2) is 13.5 Å². The standard InChI is InChI=1S/C18H24F2N6O2/c1-11(16(28)25-8-6-18(19,20)7-9-25)22-17-23-14-13(15(27)24-17)10-21-26(14)12-4-2-3-5-12/h10-12H,2-9H2,1H3,(H2,22,23,24,27)/t11-/m1/s1. The van der Waals surface area contributed by atoms with Gasteiger partial charge in [0.2, 0.25) is 11.9 Å². The Labute approximate surface area is 160 Å². The summed E-state index contributed by atoms with van der Waals surface area (Å²) in [4.78, 5) is 33.5. The molecule has 2 fully saturated rings. The molecule has 1 aliphatic carbocycles. The third-order valence-electron chi connectivity index (χ3n) is 5.66. The summed E-state index contributed by atoms with van der Waals surface area (Å²) in [5.74, 6) is -2.81.